The summed E-state index contributed by atoms with van der Waals surface area (Å²) < 4.78 is 93.9. The zero-order valence-electron chi connectivity index (χ0n) is 50.0. The zero-order chi connectivity index (χ0) is 66.3. The highest BCUT2D eigenvalue weighted by Crippen LogP contribution is 2.27. The van der Waals surface area contributed by atoms with Crippen molar-refractivity contribution in [3.05, 3.63) is 179 Å². The molecular formula is C64H73N3O22S2-2. The molecule has 27 heteroatoms. The van der Waals surface area contributed by atoms with Gasteiger partial charge < -0.3 is 62.2 Å². The van der Waals surface area contributed by atoms with E-state index < -0.39 is 44.7 Å². The van der Waals surface area contributed by atoms with E-state index in [1.165, 1.54) is 87.4 Å². The Labute approximate surface area is 528 Å². The number of phenolic OH excluding ortho intramolecular Hbond substituents is 2. The summed E-state index contributed by atoms with van der Waals surface area (Å²) in [7, 11) is -9.79. The highest BCUT2D eigenvalue weighted by molar-refractivity contribution is 7.81. The molecule has 3 saturated heterocycles. The number of rotatable bonds is 19. The van der Waals surface area contributed by atoms with Gasteiger partial charge in [-0.3, -0.25) is 24.2 Å². The SMILES string of the molecule is CC(=O)Oc1ccc(C(=O)O)cc1.CC(=O)Oc1ccc(C(=O)OCC2CCCN(Cc3ccccc3O)C2)cc1.O=C(OCC1CCCN(Cc2ccccc2OS(=O)(=O)[O-])C1)c1ccc(OS(=O)(=O)[O-])cc1.O=Cc1ccccc1O.OCC1CCCNC1. The lowest BCUT2D eigenvalue weighted by atomic mass is 9.98. The Kier molecular flexibility index (Phi) is 30.0. The van der Waals surface area contributed by atoms with Crippen molar-refractivity contribution in [2.45, 2.75) is 65.5 Å². The Balaban J connectivity index is 0.000000230. The molecule has 6 aromatic rings. The molecule has 0 spiro atoms. The Bertz CT molecular complexity index is 3530. The van der Waals surface area contributed by atoms with Crippen molar-refractivity contribution < 1.29 is 102 Å². The summed E-state index contributed by atoms with van der Waals surface area (Å²) in [6, 6.07) is 37.0. The molecular weight excluding hydrogens is 1230 g/mol. The minimum absolute atomic E-state index is 0.0155. The fourth-order valence-electron chi connectivity index (χ4n) is 9.46. The summed E-state index contributed by atoms with van der Waals surface area (Å²) in [6.07, 6.45) is 6.75. The van der Waals surface area contributed by atoms with Gasteiger partial charge in [0.2, 0.25) is 0 Å². The number of esters is 4. The second kappa shape index (κ2) is 37.4. The van der Waals surface area contributed by atoms with E-state index in [2.05, 4.69) is 23.5 Å². The predicted molar refractivity (Wildman–Crippen MR) is 327 cm³/mol. The number of nitrogens with zero attached hydrogens (tertiary/aromatic N) is 2. The van der Waals surface area contributed by atoms with Crippen LogP contribution in [0.5, 0.6) is 34.5 Å². The number of hydrogen-bond acceptors (Lipinski definition) is 24. The molecule has 3 atom stereocenters. The molecule has 0 bridgehead atoms. The number of carbonyl (C=O) groups excluding carboxylic acids is 5. The lowest BCUT2D eigenvalue weighted by molar-refractivity contribution is -0.132. The Morgan fingerprint density at radius 2 is 1.00 bits per heavy atom. The number of aliphatic hydroxyl groups excluding tert-OH is 1. The molecule has 3 aliphatic heterocycles. The maximum absolute atomic E-state index is 12.3. The predicted octanol–water partition coefficient (Wildman–Crippen LogP) is 7.31. The number of ether oxygens (including phenoxy) is 4. The highest BCUT2D eigenvalue weighted by Gasteiger charge is 2.25. The fraction of sp³-hybridized carbons (Fsp3) is 0.344. The summed E-state index contributed by atoms with van der Waals surface area (Å²) in [4.78, 5) is 70.8. The maximum Gasteiger partial charge on any atom is 0.338 e. The molecule has 3 unspecified atom stereocenters. The number of aliphatic hydroxyl groups is 1. The van der Waals surface area contributed by atoms with Crippen molar-refractivity contribution in [3.8, 4) is 34.5 Å². The van der Waals surface area contributed by atoms with E-state index in [9.17, 15) is 59.8 Å². The number of para-hydroxylation sites is 3. The molecule has 0 radical (unpaired) electrons. The molecule has 0 saturated carbocycles. The molecule has 490 valence electrons. The molecule has 0 aliphatic carbocycles. The van der Waals surface area contributed by atoms with Crippen LogP contribution in [0.4, 0.5) is 0 Å². The number of carbonyl (C=O) groups is 6. The number of carboxylic acid groups (broad SMARTS) is 1. The third-order valence-electron chi connectivity index (χ3n) is 13.8. The molecule has 5 N–H and O–H groups in total. The van der Waals surface area contributed by atoms with Gasteiger partial charge in [0, 0.05) is 76.1 Å². The molecule has 0 aromatic heterocycles. The third kappa shape index (κ3) is 28.3. The van der Waals surface area contributed by atoms with Crippen LogP contribution in [0.15, 0.2) is 146 Å². The molecule has 25 nitrogen and oxygen atoms in total. The summed E-state index contributed by atoms with van der Waals surface area (Å²) in [5.41, 5.74) is 2.55. The summed E-state index contributed by atoms with van der Waals surface area (Å²) in [5, 5.41) is 39.3. The molecule has 3 fully saturated rings. The largest absolute Gasteiger partial charge is 0.716 e. The van der Waals surface area contributed by atoms with Crippen LogP contribution >= 0.6 is 0 Å². The van der Waals surface area contributed by atoms with E-state index in [1.54, 1.807) is 66.7 Å². The van der Waals surface area contributed by atoms with Crippen molar-refractivity contribution in [1.82, 2.24) is 15.1 Å². The van der Waals surface area contributed by atoms with Crippen LogP contribution in [0.25, 0.3) is 0 Å². The third-order valence-corrected chi connectivity index (χ3v) is 14.6. The molecule has 91 heavy (non-hydrogen) atoms. The van der Waals surface area contributed by atoms with Gasteiger partial charge in [-0.25, -0.2) is 31.2 Å². The Hall–Kier alpha value is -8.80. The summed E-state index contributed by atoms with van der Waals surface area (Å²) in [5.74, 6) is -1.13. The van der Waals surface area contributed by atoms with E-state index >= 15 is 0 Å². The number of hydrogen-bond donors (Lipinski definition) is 5. The maximum atomic E-state index is 12.3. The second-order valence-electron chi connectivity index (χ2n) is 21.0. The first kappa shape index (κ1) is 72.9. The van der Waals surface area contributed by atoms with E-state index in [0.717, 1.165) is 64.0 Å². The van der Waals surface area contributed by atoms with Gasteiger partial charge in [-0.1, -0.05) is 48.5 Å². The lowest BCUT2D eigenvalue weighted by Gasteiger charge is -2.32. The number of nitrogens with one attached hydrogen (secondary N) is 1. The van der Waals surface area contributed by atoms with Gasteiger partial charge in [-0.2, -0.15) is 0 Å². The van der Waals surface area contributed by atoms with Gasteiger partial charge in [-0.05, 0) is 161 Å². The van der Waals surface area contributed by atoms with Crippen molar-refractivity contribution in [3.63, 3.8) is 0 Å². The van der Waals surface area contributed by atoms with Gasteiger partial charge in [0.05, 0.1) is 35.5 Å². The van der Waals surface area contributed by atoms with Crippen LogP contribution < -0.4 is 23.2 Å². The van der Waals surface area contributed by atoms with Crippen molar-refractivity contribution in [2.75, 3.05) is 59.1 Å². The second-order valence-corrected chi connectivity index (χ2v) is 23.0. The zero-order valence-corrected chi connectivity index (χ0v) is 51.7. The summed E-state index contributed by atoms with van der Waals surface area (Å²) >= 11 is 0. The minimum atomic E-state index is -4.90. The molecule has 0 amide bonds. The molecule has 3 aliphatic rings. The highest BCUT2D eigenvalue weighted by atomic mass is 32.3. The average Bonchev–Trinajstić information content (AvgIpc) is 3.56. The monoisotopic (exact) mass is 1300 g/mol. The van der Waals surface area contributed by atoms with Crippen molar-refractivity contribution >= 4 is 56.9 Å². The normalized spacial score (nSPS) is 16.4. The smallest absolute Gasteiger partial charge is 0.338 e. The van der Waals surface area contributed by atoms with Crippen molar-refractivity contribution in [2.24, 2.45) is 17.8 Å². The molecule has 3 heterocycles. The summed E-state index contributed by atoms with van der Waals surface area (Å²) in [6.45, 7) is 9.79. The molecule has 6 aromatic carbocycles. The number of phenols is 2. The van der Waals surface area contributed by atoms with E-state index in [4.69, 9.17) is 34.3 Å². The average molecular weight is 1300 g/mol. The van der Waals surface area contributed by atoms with Gasteiger partial charge in [-0.15, -0.1) is 0 Å². The van der Waals surface area contributed by atoms with Crippen LogP contribution in [0.1, 0.15) is 105 Å². The van der Waals surface area contributed by atoms with Crippen LogP contribution in [0.3, 0.4) is 0 Å². The van der Waals surface area contributed by atoms with Gasteiger partial charge >= 0.3 is 29.8 Å². The number of likely N-dealkylation sites (tertiary alicyclic amines) is 2. The Morgan fingerprint density at radius 1 is 0.560 bits per heavy atom. The standard InChI is InChI=1S/C22H25NO5.C20H23NO10S2.C9H8O4.C7H6O2.C6H13NO/c1-16(24)28-20-10-8-18(9-11-20)22(26)27-15-17-5-4-12-23(13-17)14-19-6-2-3-7-21(19)25;22-20(16-7-9-18(10-8-16)30-32(23,24)25)29-14-15-4-3-11-21(12-15)13-17-5-1-2-6-19(17)31-33(26,27)28;1-6(10)13-8-4-2-7(3-5-8)9(11)12;8-5-6-3-1-2-4-7(6)9;8-5-6-2-1-3-7-4-6/h2-3,6-11,17,25H,4-5,12-15H2,1H3;1-2,5-10,15H,3-4,11-14H2,(H,23,24,25)(H,26,27,28);2-5H,1H3,(H,11,12);1-5,9H;6-8H,1-5H2/p-2. The number of benzene rings is 6. The van der Waals surface area contributed by atoms with Gasteiger partial charge in [0.25, 0.3) is 20.8 Å². The number of aromatic carboxylic acids is 1. The fourth-order valence-corrected chi connectivity index (χ4v) is 10.2. The van der Waals surface area contributed by atoms with Gasteiger partial charge in [0.1, 0.15) is 34.5 Å². The van der Waals surface area contributed by atoms with E-state index in [0.29, 0.717) is 79.0 Å². The minimum Gasteiger partial charge on any atom is -0.716 e. The lowest BCUT2D eigenvalue weighted by Crippen LogP contribution is -2.37. The quantitative estimate of drug-likeness (QED) is 0.0174. The number of aromatic hydroxyl groups is 2. The number of carboxylic acids is 1. The van der Waals surface area contributed by atoms with Gasteiger partial charge in [0.15, 0.2) is 6.29 Å². The van der Waals surface area contributed by atoms with Crippen LogP contribution in [-0.4, -0.2) is 151 Å². The Morgan fingerprint density at radius 3 is 1.42 bits per heavy atom. The van der Waals surface area contributed by atoms with E-state index in [-0.39, 0.29) is 52.8 Å². The first-order chi connectivity index (χ1) is 43.4. The number of aldehydes is 1. The topological polar surface area (TPSA) is 372 Å². The van der Waals surface area contributed by atoms with Crippen LogP contribution in [0.2, 0.25) is 0 Å². The first-order valence-corrected chi connectivity index (χ1v) is 31.4. The van der Waals surface area contributed by atoms with E-state index in [1.807, 2.05) is 18.2 Å². The first-order valence-electron chi connectivity index (χ1n) is 28.8. The molecule has 9 rings (SSSR count). The number of piperidine rings is 3. The van der Waals surface area contributed by atoms with Crippen LogP contribution in [-0.2, 0) is 53.0 Å². The van der Waals surface area contributed by atoms with Crippen molar-refractivity contribution in [1.29, 1.82) is 0 Å². The van der Waals surface area contributed by atoms with Crippen LogP contribution in [0, 0.1) is 17.8 Å².